The molecule has 1 aliphatic heterocycles. The van der Waals surface area contributed by atoms with Gasteiger partial charge in [0.05, 0.1) is 13.7 Å². The summed E-state index contributed by atoms with van der Waals surface area (Å²) < 4.78 is 5.35. The molecule has 1 fully saturated rings. The highest BCUT2D eigenvalue weighted by atomic mass is 16.5. The molecule has 2 heterocycles. The van der Waals surface area contributed by atoms with Gasteiger partial charge in [-0.1, -0.05) is 12.1 Å². The third-order valence-corrected chi connectivity index (χ3v) is 3.51. The molecule has 1 N–H and O–H groups in total. The Morgan fingerprint density at radius 2 is 2.25 bits per heavy atom. The van der Waals surface area contributed by atoms with Crippen LogP contribution in [0.3, 0.4) is 0 Å². The van der Waals surface area contributed by atoms with Crippen LogP contribution in [0.5, 0.6) is 5.75 Å². The molecule has 0 spiro atoms. The van der Waals surface area contributed by atoms with Crippen LogP contribution in [0.1, 0.15) is 6.92 Å². The standard InChI is InChI=1S/C15H17N3O2/c1-10-8-18(9-14(19)17-10)12-6-7-16-15-11(12)4-3-5-13(15)20-2/h3-7,10H,8-9H2,1-2H3,(H,17,19). The predicted molar refractivity (Wildman–Crippen MR) is 78.1 cm³/mol. The number of amides is 1. The zero-order chi connectivity index (χ0) is 14.1. The van der Waals surface area contributed by atoms with Crippen molar-refractivity contribution in [1.29, 1.82) is 0 Å². The summed E-state index contributed by atoms with van der Waals surface area (Å²) in [6.07, 6.45) is 1.76. The van der Waals surface area contributed by atoms with E-state index in [4.69, 9.17) is 4.74 Å². The molecular weight excluding hydrogens is 254 g/mol. The van der Waals surface area contributed by atoms with Gasteiger partial charge in [-0.3, -0.25) is 9.78 Å². The van der Waals surface area contributed by atoms with E-state index in [1.165, 1.54) is 0 Å². The number of fused-ring (bicyclic) bond motifs is 1. The Balaban J connectivity index is 2.09. The number of piperazine rings is 1. The summed E-state index contributed by atoms with van der Waals surface area (Å²) in [5.41, 5.74) is 1.85. The third-order valence-electron chi connectivity index (χ3n) is 3.51. The lowest BCUT2D eigenvalue weighted by Crippen LogP contribution is -2.53. The number of anilines is 1. The van der Waals surface area contributed by atoms with Crippen molar-refractivity contribution in [2.24, 2.45) is 0 Å². The monoisotopic (exact) mass is 271 g/mol. The average Bonchev–Trinajstić information content (AvgIpc) is 2.45. The van der Waals surface area contributed by atoms with Crippen molar-refractivity contribution in [3.63, 3.8) is 0 Å². The van der Waals surface area contributed by atoms with Crippen LogP contribution in [0, 0.1) is 0 Å². The second kappa shape index (κ2) is 5.00. The molecule has 0 saturated carbocycles. The first-order valence-electron chi connectivity index (χ1n) is 6.65. The van der Waals surface area contributed by atoms with Crippen LogP contribution < -0.4 is 15.0 Å². The third kappa shape index (κ3) is 2.15. The van der Waals surface area contributed by atoms with Crippen molar-refractivity contribution in [2.75, 3.05) is 25.1 Å². The number of rotatable bonds is 2. The van der Waals surface area contributed by atoms with Gasteiger partial charge in [-0.15, -0.1) is 0 Å². The van der Waals surface area contributed by atoms with Gasteiger partial charge in [-0.05, 0) is 19.1 Å². The number of aromatic nitrogens is 1. The lowest BCUT2D eigenvalue weighted by molar-refractivity contribution is -0.121. The summed E-state index contributed by atoms with van der Waals surface area (Å²) in [7, 11) is 1.64. The predicted octanol–water partition coefficient (Wildman–Crippen LogP) is 1.57. The van der Waals surface area contributed by atoms with Gasteiger partial charge in [-0.25, -0.2) is 0 Å². The number of para-hydroxylation sites is 1. The molecule has 0 radical (unpaired) electrons. The van der Waals surface area contributed by atoms with Crippen LogP contribution in [-0.2, 0) is 4.79 Å². The van der Waals surface area contributed by atoms with Crippen molar-refractivity contribution < 1.29 is 9.53 Å². The van der Waals surface area contributed by atoms with Crippen LogP contribution in [0.4, 0.5) is 5.69 Å². The first-order valence-corrected chi connectivity index (χ1v) is 6.65. The molecule has 1 aromatic heterocycles. The van der Waals surface area contributed by atoms with Crippen molar-refractivity contribution >= 4 is 22.5 Å². The molecule has 0 aliphatic carbocycles. The number of hydrogen-bond acceptors (Lipinski definition) is 4. The molecule has 1 amide bonds. The molecule has 5 nitrogen and oxygen atoms in total. The van der Waals surface area contributed by atoms with E-state index in [0.29, 0.717) is 6.54 Å². The zero-order valence-electron chi connectivity index (χ0n) is 11.6. The van der Waals surface area contributed by atoms with Gasteiger partial charge in [0.15, 0.2) is 0 Å². The summed E-state index contributed by atoms with van der Waals surface area (Å²) in [6.45, 7) is 3.18. The minimum Gasteiger partial charge on any atom is -0.494 e. The summed E-state index contributed by atoms with van der Waals surface area (Å²) in [4.78, 5) is 18.2. The van der Waals surface area contributed by atoms with Gasteiger partial charge in [-0.2, -0.15) is 0 Å². The summed E-state index contributed by atoms with van der Waals surface area (Å²) >= 11 is 0. The number of pyridine rings is 1. The highest BCUT2D eigenvalue weighted by Gasteiger charge is 2.23. The van der Waals surface area contributed by atoms with Crippen LogP contribution >= 0.6 is 0 Å². The van der Waals surface area contributed by atoms with Crippen LogP contribution in [0.25, 0.3) is 10.9 Å². The van der Waals surface area contributed by atoms with Gasteiger partial charge in [0.25, 0.3) is 0 Å². The highest BCUT2D eigenvalue weighted by molar-refractivity contribution is 5.96. The molecular formula is C15H17N3O2. The maximum Gasteiger partial charge on any atom is 0.239 e. The van der Waals surface area contributed by atoms with E-state index in [9.17, 15) is 4.79 Å². The van der Waals surface area contributed by atoms with Crippen LogP contribution in [-0.4, -0.2) is 37.1 Å². The van der Waals surface area contributed by atoms with Gasteiger partial charge < -0.3 is 15.0 Å². The van der Waals surface area contributed by atoms with E-state index in [2.05, 4.69) is 15.2 Å². The summed E-state index contributed by atoms with van der Waals surface area (Å²) in [6, 6.07) is 7.94. The van der Waals surface area contributed by atoms with E-state index in [0.717, 1.165) is 28.9 Å². The molecule has 1 saturated heterocycles. The molecule has 1 unspecified atom stereocenters. The number of carbonyl (C=O) groups is 1. The number of nitrogens with zero attached hydrogens (tertiary/aromatic N) is 2. The molecule has 3 rings (SSSR count). The van der Waals surface area contributed by atoms with Crippen LogP contribution in [0.15, 0.2) is 30.5 Å². The topological polar surface area (TPSA) is 54.5 Å². The normalized spacial score (nSPS) is 19.0. The first kappa shape index (κ1) is 12.7. The SMILES string of the molecule is COc1cccc2c(N3CC(=O)NC(C)C3)ccnc12. The van der Waals surface area contributed by atoms with Crippen molar-refractivity contribution in [1.82, 2.24) is 10.3 Å². The fourth-order valence-corrected chi connectivity index (χ4v) is 2.69. The van der Waals surface area contributed by atoms with E-state index < -0.39 is 0 Å². The minimum atomic E-state index is 0.0524. The van der Waals surface area contributed by atoms with Gasteiger partial charge in [0.1, 0.15) is 11.3 Å². The quantitative estimate of drug-likeness (QED) is 0.900. The summed E-state index contributed by atoms with van der Waals surface area (Å²) in [5.74, 6) is 0.801. The number of carbonyl (C=O) groups excluding carboxylic acids is 1. The maximum atomic E-state index is 11.7. The second-order valence-corrected chi connectivity index (χ2v) is 5.04. The van der Waals surface area contributed by atoms with Crippen molar-refractivity contribution in [3.8, 4) is 5.75 Å². The molecule has 2 aromatic rings. The van der Waals surface area contributed by atoms with E-state index >= 15 is 0 Å². The molecule has 20 heavy (non-hydrogen) atoms. The molecule has 0 bridgehead atoms. The Labute approximate surface area is 117 Å². The highest BCUT2D eigenvalue weighted by Crippen LogP contribution is 2.31. The molecule has 104 valence electrons. The second-order valence-electron chi connectivity index (χ2n) is 5.04. The largest absolute Gasteiger partial charge is 0.494 e. The first-order chi connectivity index (χ1) is 9.69. The van der Waals surface area contributed by atoms with E-state index in [1.807, 2.05) is 31.2 Å². The number of methoxy groups -OCH3 is 1. The Bertz CT molecular complexity index is 657. The summed E-state index contributed by atoms with van der Waals surface area (Å²) in [5, 5.41) is 3.94. The minimum absolute atomic E-state index is 0.0524. The van der Waals surface area contributed by atoms with Crippen molar-refractivity contribution in [2.45, 2.75) is 13.0 Å². The Hall–Kier alpha value is -2.30. The Morgan fingerprint density at radius 3 is 3.00 bits per heavy atom. The smallest absolute Gasteiger partial charge is 0.239 e. The zero-order valence-corrected chi connectivity index (χ0v) is 11.6. The Kier molecular flexibility index (Phi) is 3.18. The van der Waals surface area contributed by atoms with E-state index in [1.54, 1.807) is 13.3 Å². The molecule has 1 aliphatic rings. The van der Waals surface area contributed by atoms with Gasteiger partial charge >= 0.3 is 0 Å². The fourth-order valence-electron chi connectivity index (χ4n) is 2.69. The molecule has 1 atom stereocenters. The lowest BCUT2D eigenvalue weighted by atomic mass is 10.1. The van der Waals surface area contributed by atoms with Crippen LogP contribution in [0.2, 0.25) is 0 Å². The average molecular weight is 271 g/mol. The molecule has 5 heteroatoms. The Morgan fingerprint density at radius 1 is 1.40 bits per heavy atom. The fraction of sp³-hybridized carbons (Fsp3) is 0.333. The number of benzene rings is 1. The van der Waals surface area contributed by atoms with Crippen molar-refractivity contribution in [3.05, 3.63) is 30.5 Å². The van der Waals surface area contributed by atoms with Gasteiger partial charge in [0.2, 0.25) is 5.91 Å². The number of hydrogen-bond donors (Lipinski definition) is 1. The van der Waals surface area contributed by atoms with E-state index in [-0.39, 0.29) is 11.9 Å². The lowest BCUT2D eigenvalue weighted by Gasteiger charge is -2.33. The number of ether oxygens (including phenoxy) is 1. The van der Waals surface area contributed by atoms with Gasteiger partial charge in [0, 0.05) is 29.9 Å². The number of nitrogens with one attached hydrogen (secondary N) is 1. The molecule has 1 aromatic carbocycles. The maximum absolute atomic E-state index is 11.7.